The van der Waals surface area contributed by atoms with Gasteiger partial charge in [0.15, 0.2) is 0 Å². The molecule has 0 spiro atoms. The van der Waals surface area contributed by atoms with Gasteiger partial charge in [-0.05, 0) is 41.8 Å². The van der Waals surface area contributed by atoms with Crippen molar-refractivity contribution in [2.45, 2.75) is 58.2 Å². The molecule has 0 aliphatic rings. The molecule has 3 nitrogen and oxygen atoms in total. The molecule has 0 fully saturated rings. The van der Waals surface area contributed by atoms with Crippen molar-refractivity contribution in [3.8, 4) is 33.6 Å². The monoisotopic (exact) mass is 533 g/mol. The molecule has 0 aliphatic heterocycles. The molecule has 3 aromatic carbocycles. The average Bonchev–Trinajstić information content (AvgIpc) is 2.96. The van der Waals surface area contributed by atoms with Crippen molar-refractivity contribution in [3.05, 3.63) is 103 Å². The summed E-state index contributed by atoms with van der Waals surface area (Å²) < 4.78 is 34.1. The minimum absolute atomic E-state index is 1.04. The highest BCUT2D eigenvalue weighted by Gasteiger charge is 2.28. The third-order valence-corrected chi connectivity index (χ3v) is 6.38. The molecule has 0 saturated heterocycles. The van der Waals surface area contributed by atoms with Gasteiger partial charge >= 0.3 is 6.18 Å². The van der Waals surface area contributed by atoms with Crippen LogP contribution in [0.4, 0.5) is 13.2 Å². The van der Waals surface area contributed by atoms with Gasteiger partial charge in [-0.2, -0.15) is 17.7 Å². The molecule has 0 bridgehead atoms. The van der Waals surface area contributed by atoms with Gasteiger partial charge in [-0.1, -0.05) is 99.3 Å². The average molecular weight is 534 g/mol. The molecular formula is C33H34F3NO2. The number of hydrogen-bond acceptors (Lipinski definition) is 2. The predicted molar refractivity (Wildman–Crippen MR) is 147 cm³/mol. The smallest absolute Gasteiger partial charge is 0.430 e. The van der Waals surface area contributed by atoms with Crippen LogP contribution in [0.2, 0.25) is 0 Å². The van der Waals surface area contributed by atoms with E-state index in [9.17, 15) is 13.2 Å². The van der Waals surface area contributed by atoms with Gasteiger partial charge in [0.2, 0.25) is 11.4 Å². The first-order valence-electron chi connectivity index (χ1n) is 13.3. The zero-order chi connectivity index (χ0) is 28.1. The van der Waals surface area contributed by atoms with Crippen molar-refractivity contribution in [1.29, 1.82) is 0 Å². The zero-order valence-corrected chi connectivity index (χ0v) is 22.2. The van der Waals surface area contributed by atoms with Gasteiger partial charge in [0, 0.05) is 29.7 Å². The number of halogens is 3. The molecule has 39 heavy (non-hydrogen) atoms. The fourth-order valence-electron chi connectivity index (χ4n) is 4.41. The Morgan fingerprint density at radius 2 is 1.03 bits per heavy atom. The normalized spacial score (nSPS) is 11.0. The third-order valence-electron chi connectivity index (χ3n) is 6.38. The highest BCUT2D eigenvalue weighted by molar-refractivity contribution is 5.73. The summed E-state index contributed by atoms with van der Waals surface area (Å²) in [5, 5.41) is 8.78. The standard InChI is InChI=1S/C31H34N.C2HF3O2/c1-2-3-4-5-6-16-23-32-30(27-19-12-8-13-20-27)24-29(26-17-10-7-11-18-26)25-31(32)28-21-14-9-15-22-28;3-2(4,5)1(6)7/h7-15,17-22,24-25H,2-6,16,23H2,1H3;(H,6,7)/q+1;/p-1. The van der Waals surface area contributed by atoms with Crippen LogP contribution in [-0.4, -0.2) is 12.1 Å². The topological polar surface area (TPSA) is 44.0 Å². The molecule has 0 aliphatic carbocycles. The number of nitrogens with zero attached hydrogens (tertiary/aromatic N) is 1. The molecule has 1 heterocycles. The molecule has 1 aromatic heterocycles. The number of unbranched alkanes of at least 4 members (excludes halogenated alkanes) is 5. The summed E-state index contributed by atoms with van der Waals surface area (Å²) in [6.07, 6.45) is 2.63. The number of aromatic nitrogens is 1. The van der Waals surface area contributed by atoms with E-state index in [1.807, 2.05) is 0 Å². The fourth-order valence-corrected chi connectivity index (χ4v) is 4.41. The van der Waals surface area contributed by atoms with E-state index >= 15 is 0 Å². The minimum Gasteiger partial charge on any atom is -0.542 e. The van der Waals surface area contributed by atoms with Crippen molar-refractivity contribution in [1.82, 2.24) is 0 Å². The van der Waals surface area contributed by atoms with Crippen LogP contribution in [0.1, 0.15) is 45.4 Å². The number of alkyl halides is 3. The number of carbonyl (C=O) groups is 1. The molecular weight excluding hydrogens is 499 g/mol. The van der Waals surface area contributed by atoms with Crippen LogP contribution < -0.4 is 9.67 Å². The third kappa shape index (κ3) is 9.10. The minimum atomic E-state index is -5.19. The largest absolute Gasteiger partial charge is 0.542 e. The van der Waals surface area contributed by atoms with Crippen LogP contribution in [0.25, 0.3) is 33.6 Å². The van der Waals surface area contributed by atoms with Gasteiger partial charge in [-0.15, -0.1) is 0 Å². The van der Waals surface area contributed by atoms with Crippen molar-refractivity contribution >= 4 is 5.97 Å². The van der Waals surface area contributed by atoms with Gasteiger partial charge in [0.1, 0.15) is 12.5 Å². The van der Waals surface area contributed by atoms with Gasteiger partial charge < -0.3 is 9.90 Å². The number of rotatable bonds is 10. The Labute approximate surface area is 228 Å². The van der Waals surface area contributed by atoms with Crippen molar-refractivity contribution in [3.63, 3.8) is 0 Å². The maximum absolute atomic E-state index is 10.5. The summed E-state index contributed by atoms with van der Waals surface area (Å²) in [7, 11) is 0. The maximum Gasteiger partial charge on any atom is 0.430 e. The summed E-state index contributed by atoms with van der Waals surface area (Å²) in [5.74, 6) is -3.01. The number of benzene rings is 3. The zero-order valence-electron chi connectivity index (χ0n) is 22.2. The van der Waals surface area contributed by atoms with E-state index in [-0.39, 0.29) is 0 Å². The summed E-state index contributed by atoms with van der Waals surface area (Å²) >= 11 is 0. The van der Waals surface area contributed by atoms with Crippen LogP contribution in [-0.2, 0) is 11.3 Å². The van der Waals surface area contributed by atoms with E-state index < -0.39 is 12.1 Å². The fraction of sp³-hybridized carbons (Fsp3) is 0.273. The van der Waals surface area contributed by atoms with E-state index in [2.05, 4.69) is 115 Å². The lowest BCUT2D eigenvalue weighted by atomic mass is 9.98. The highest BCUT2D eigenvalue weighted by atomic mass is 19.4. The molecule has 0 amide bonds. The van der Waals surface area contributed by atoms with E-state index in [1.165, 1.54) is 72.2 Å². The number of carboxylic acid groups (broad SMARTS) is 1. The lowest BCUT2D eigenvalue weighted by molar-refractivity contribution is -0.675. The number of carboxylic acids is 1. The summed E-state index contributed by atoms with van der Waals surface area (Å²) in [5.41, 5.74) is 7.65. The molecule has 6 heteroatoms. The maximum atomic E-state index is 10.5. The van der Waals surface area contributed by atoms with E-state index in [0.29, 0.717) is 0 Å². The van der Waals surface area contributed by atoms with Gasteiger partial charge in [-0.3, -0.25) is 0 Å². The number of carbonyl (C=O) groups excluding carboxylic acids is 1. The van der Waals surface area contributed by atoms with Crippen molar-refractivity contribution in [2.24, 2.45) is 0 Å². The SMILES string of the molecule is CCCCCCCC[n+]1c(-c2ccccc2)cc(-c2ccccc2)cc1-c1ccccc1.O=C([O-])C(F)(F)F. The quantitative estimate of drug-likeness (QED) is 0.155. The van der Waals surface area contributed by atoms with Crippen molar-refractivity contribution < 1.29 is 27.6 Å². The molecule has 0 saturated carbocycles. The van der Waals surface area contributed by atoms with Crippen LogP contribution in [0.5, 0.6) is 0 Å². The summed E-state index contributed by atoms with van der Waals surface area (Å²) in [4.78, 5) is 8.78. The van der Waals surface area contributed by atoms with Crippen LogP contribution in [0.3, 0.4) is 0 Å². The van der Waals surface area contributed by atoms with Gasteiger partial charge in [0.05, 0.1) is 0 Å². The molecule has 4 aromatic rings. The lowest BCUT2D eigenvalue weighted by Crippen LogP contribution is -2.39. The molecule has 0 N–H and O–H groups in total. The van der Waals surface area contributed by atoms with Gasteiger partial charge in [-0.25, -0.2) is 0 Å². The van der Waals surface area contributed by atoms with E-state index in [1.54, 1.807) is 0 Å². The van der Waals surface area contributed by atoms with Crippen LogP contribution in [0, 0.1) is 0 Å². The Hall–Kier alpha value is -3.93. The summed E-state index contributed by atoms with van der Waals surface area (Å²) in [6.45, 7) is 3.32. The first kappa shape index (κ1) is 29.6. The van der Waals surface area contributed by atoms with Crippen LogP contribution in [0.15, 0.2) is 103 Å². The van der Waals surface area contributed by atoms with Crippen LogP contribution >= 0.6 is 0 Å². The first-order chi connectivity index (χ1) is 18.8. The second kappa shape index (κ2) is 14.9. The highest BCUT2D eigenvalue weighted by Crippen LogP contribution is 2.29. The second-order valence-corrected chi connectivity index (χ2v) is 9.32. The number of aliphatic carboxylic acids is 1. The van der Waals surface area contributed by atoms with Crippen molar-refractivity contribution in [2.75, 3.05) is 0 Å². The van der Waals surface area contributed by atoms with E-state index in [4.69, 9.17) is 9.90 Å². The lowest BCUT2D eigenvalue weighted by Gasteiger charge is -2.13. The molecule has 0 atom stereocenters. The Kier molecular flexibility index (Phi) is 11.3. The Bertz CT molecular complexity index is 1230. The first-order valence-corrected chi connectivity index (χ1v) is 13.3. The molecule has 204 valence electrons. The van der Waals surface area contributed by atoms with E-state index in [0.717, 1.165) is 6.54 Å². The molecule has 4 rings (SSSR count). The Morgan fingerprint density at radius 1 is 0.641 bits per heavy atom. The van der Waals surface area contributed by atoms with Gasteiger partial charge in [0.25, 0.3) is 0 Å². The molecule has 0 unspecified atom stereocenters. The Balaban J connectivity index is 0.000000532. The predicted octanol–water partition coefficient (Wildman–Crippen LogP) is 7.63. The molecule has 0 radical (unpaired) electrons. The Morgan fingerprint density at radius 3 is 1.44 bits per heavy atom. The second-order valence-electron chi connectivity index (χ2n) is 9.32. The summed E-state index contributed by atoms with van der Waals surface area (Å²) in [6, 6.07) is 37.2. The number of pyridine rings is 1. The number of hydrogen-bond donors (Lipinski definition) is 0.